The van der Waals surface area contributed by atoms with E-state index in [9.17, 15) is 9.59 Å². The zero-order valence-electron chi connectivity index (χ0n) is 10.8. The molecule has 1 aliphatic heterocycles. The smallest absolute Gasteiger partial charge is 0.335 e. The van der Waals surface area contributed by atoms with Crippen LogP contribution in [0.2, 0.25) is 5.15 Å². The monoisotopic (exact) mass is 303 g/mol. The topological polar surface area (TPSA) is 83.4 Å². The molecule has 0 aliphatic carbocycles. The van der Waals surface area contributed by atoms with E-state index < -0.39 is 5.97 Å². The van der Waals surface area contributed by atoms with Crippen LogP contribution < -0.4 is 0 Å². The Labute approximate surface area is 125 Å². The summed E-state index contributed by atoms with van der Waals surface area (Å²) in [7, 11) is 0. The van der Waals surface area contributed by atoms with Crippen LogP contribution in [0.25, 0.3) is 0 Å². The fraction of sp³-hybridized carbons (Fsp3) is 0.143. The van der Waals surface area contributed by atoms with Gasteiger partial charge < -0.3 is 10.0 Å². The fourth-order valence-electron chi connectivity index (χ4n) is 2.26. The number of aromatic carboxylic acids is 1. The zero-order valence-corrected chi connectivity index (χ0v) is 11.5. The minimum Gasteiger partial charge on any atom is -0.478 e. The Balaban J connectivity index is 1.82. The van der Waals surface area contributed by atoms with Crippen molar-refractivity contribution < 1.29 is 14.7 Å². The van der Waals surface area contributed by atoms with Crippen molar-refractivity contribution in [1.29, 1.82) is 0 Å². The van der Waals surface area contributed by atoms with Crippen LogP contribution >= 0.6 is 11.6 Å². The molecule has 0 bridgehead atoms. The molecule has 1 aromatic heterocycles. The van der Waals surface area contributed by atoms with Gasteiger partial charge in [0, 0.05) is 13.1 Å². The van der Waals surface area contributed by atoms with Gasteiger partial charge in [0.1, 0.15) is 10.8 Å². The van der Waals surface area contributed by atoms with Crippen LogP contribution in [-0.2, 0) is 13.1 Å². The molecule has 7 heteroatoms. The van der Waals surface area contributed by atoms with Crippen molar-refractivity contribution in [2.45, 2.75) is 13.1 Å². The van der Waals surface area contributed by atoms with Gasteiger partial charge in [-0.3, -0.25) is 4.79 Å². The van der Waals surface area contributed by atoms with Gasteiger partial charge in [-0.15, -0.1) is 0 Å². The first kappa shape index (κ1) is 13.5. The van der Waals surface area contributed by atoms with E-state index in [1.807, 2.05) is 0 Å². The molecule has 2 heterocycles. The molecule has 0 saturated carbocycles. The SMILES string of the molecule is O=C(O)c1ccc2c(c1)CN(C(=O)c1cnc(Cl)cn1)C2. The van der Waals surface area contributed by atoms with Crippen molar-refractivity contribution in [3.05, 3.63) is 58.1 Å². The highest BCUT2D eigenvalue weighted by atomic mass is 35.5. The maximum atomic E-state index is 12.3. The minimum absolute atomic E-state index is 0.214. The molecule has 1 aromatic carbocycles. The summed E-state index contributed by atoms with van der Waals surface area (Å²) in [4.78, 5) is 32.6. The van der Waals surface area contributed by atoms with E-state index >= 15 is 0 Å². The third-order valence-corrected chi connectivity index (χ3v) is 3.50. The Bertz CT molecular complexity index is 731. The average molecular weight is 304 g/mol. The van der Waals surface area contributed by atoms with E-state index in [1.54, 1.807) is 17.0 Å². The Morgan fingerprint density at radius 3 is 2.57 bits per heavy atom. The predicted molar refractivity (Wildman–Crippen MR) is 74.0 cm³/mol. The third kappa shape index (κ3) is 2.57. The summed E-state index contributed by atoms with van der Waals surface area (Å²) in [6.07, 6.45) is 2.65. The molecule has 106 valence electrons. The maximum absolute atomic E-state index is 12.3. The number of nitrogens with zero attached hydrogens (tertiary/aromatic N) is 3. The van der Waals surface area contributed by atoms with Gasteiger partial charge in [-0.1, -0.05) is 17.7 Å². The van der Waals surface area contributed by atoms with Crippen LogP contribution in [0, 0.1) is 0 Å². The molecule has 0 spiro atoms. The van der Waals surface area contributed by atoms with Crippen LogP contribution in [0.4, 0.5) is 0 Å². The maximum Gasteiger partial charge on any atom is 0.335 e. The number of rotatable bonds is 2. The lowest BCUT2D eigenvalue weighted by Crippen LogP contribution is -2.26. The van der Waals surface area contributed by atoms with Gasteiger partial charge >= 0.3 is 5.97 Å². The van der Waals surface area contributed by atoms with Gasteiger partial charge in [-0.2, -0.15) is 0 Å². The molecular formula is C14H10ClN3O3. The van der Waals surface area contributed by atoms with E-state index in [4.69, 9.17) is 16.7 Å². The Morgan fingerprint density at radius 1 is 1.14 bits per heavy atom. The highest BCUT2D eigenvalue weighted by Gasteiger charge is 2.26. The second-order valence-corrected chi connectivity index (χ2v) is 5.06. The number of fused-ring (bicyclic) bond motifs is 1. The largest absolute Gasteiger partial charge is 0.478 e. The number of benzene rings is 1. The molecule has 0 radical (unpaired) electrons. The molecule has 1 amide bonds. The molecule has 1 N–H and O–H groups in total. The number of aromatic nitrogens is 2. The lowest BCUT2D eigenvalue weighted by Gasteiger charge is -2.14. The number of carbonyl (C=O) groups excluding carboxylic acids is 1. The van der Waals surface area contributed by atoms with Crippen LogP contribution in [0.15, 0.2) is 30.6 Å². The number of carboxylic acid groups (broad SMARTS) is 1. The van der Waals surface area contributed by atoms with Crippen molar-refractivity contribution in [1.82, 2.24) is 14.9 Å². The van der Waals surface area contributed by atoms with Crippen molar-refractivity contribution in [2.24, 2.45) is 0 Å². The summed E-state index contributed by atoms with van der Waals surface area (Å²) >= 11 is 5.64. The number of hydrogen-bond acceptors (Lipinski definition) is 4. The highest BCUT2D eigenvalue weighted by Crippen LogP contribution is 2.25. The number of carboxylic acids is 1. The van der Waals surface area contributed by atoms with E-state index in [1.165, 1.54) is 18.5 Å². The summed E-state index contributed by atoms with van der Waals surface area (Å²) in [5.41, 5.74) is 2.21. The summed E-state index contributed by atoms with van der Waals surface area (Å²) in [6, 6.07) is 4.87. The molecule has 3 rings (SSSR count). The number of hydrogen-bond donors (Lipinski definition) is 1. The number of halogens is 1. The first-order valence-corrected chi connectivity index (χ1v) is 6.54. The quantitative estimate of drug-likeness (QED) is 0.917. The average Bonchev–Trinajstić information content (AvgIpc) is 2.90. The second kappa shape index (κ2) is 5.14. The summed E-state index contributed by atoms with van der Waals surface area (Å²) in [6.45, 7) is 0.790. The van der Waals surface area contributed by atoms with Crippen molar-refractivity contribution in [2.75, 3.05) is 0 Å². The standard InChI is InChI=1S/C14H10ClN3O3/c15-12-5-16-11(4-17-12)13(19)18-6-9-2-1-8(14(20)21)3-10(9)7-18/h1-5H,6-7H2,(H,20,21). The number of carbonyl (C=O) groups is 2. The van der Waals surface area contributed by atoms with Gasteiger partial charge in [-0.05, 0) is 23.3 Å². The molecule has 0 fully saturated rings. The van der Waals surface area contributed by atoms with Crippen LogP contribution in [-0.4, -0.2) is 31.9 Å². The third-order valence-electron chi connectivity index (χ3n) is 3.30. The van der Waals surface area contributed by atoms with E-state index in [2.05, 4.69) is 9.97 Å². The fourth-order valence-corrected chi connectivity index (χ4v) is 2.35. The zero-order chi connectivity index (χ0) is 15.0. The highest BCUT2D eigenvalue weighted by molar-refractivity contribution is 6.29. The second-order valence-electron chi connectivity index (χ2n) is 4.67. The Kier molecular flexibility index (Phi) is 3.31. The van der Waals surface area contributed by atoms with Gasteiger partial charge in [0.05, 0.1) is 18.0 Å². The van der Waals surface area contributed by atoms with E-state index in [0.717, 1.165) is 11.1 Å². The molecular weight excluding hydrogens is 294 g/mol. The first-order valence-electron chi connectivity index (χ1n) is 6.16. The number of amides is 1. The lowest BCUT2D eigenvalue weighted by atomic mass is 10.1. The molecule has 0 unspecified atom stereocenters. The van der Waals surface area contributed by atoms with E-state index in [0.29, 0.717) is 13.1 Å². The van der Waals surface area contributed by atoms with Gasteiger partial charge in [0.2, 0.25) is 0 Å². The normalized spacial score (nSPS) is 13.1. The van der Waals surface area contributed by atoms with Crippen LogP contribution in [0.1, 0.15) is 32.0 Å². The van der Waals surface area contributed by atoms with Crippen LogP contribution in [0.3, 0.4) is 0 Å². The Morgan fingerprint density at radius 2 is 1.90 bits per heavy atom. The first-order chi connectivity index (χ1) is 10.0. The van der Waals surface area contributed by atoms with Crippen LogP contribution in [0.5, 0.6) is 0 Å². The minimum atomic E-state index is -0.980. The lowest BCUT2D eigenvalue weighted by molar-refractivity contribution is 0.0696. The van der Waals surface area contributed by atoms with E-state index in [-0.39, 0.29) is 22.3 Å². The van der Waals surface area contributed by atoms with Gasteiger partial charge in [0.25, 0.3) is 5.91 Å². The molecule has 6 nitrogen and oxygen atoms in total. The molecule has 0 atom stereocenters. The Hall–Kier alpha value is -2.47. The predicted octanol–water partition coefficient (Wildman–Crippen LogP) is 1.98. The summed E-state index contributed by atoms with van der Waals surface area (Å²) in [5, 5.41) is 9.21. The molecule has 0 saturated heterocycles. The van der Waals surface area contributed by atoms with Crippen molar-refractivity contribution in [3.8, 4) is 0 Å². The molecule has 1 aliphatic rings. The summed E-state index contributed by atoms with van der Waals surface area (Å²) in [5.74, 6) is -1.24. The summed E-state index contributed by atoms with van der Waals surface area (Å²) < 4.78 is 0. The molecule has 2 aromatic rings. The van der Waals surface area contributed by atoms with Crippen molar-refractivity contribution >= 4 is 23.5 Å². The molecule has 21 heavy (non-hydrogen) atoms. The van der Waals surface area contributed by atoms with Gasteiger partial charge in [-0.25, -0.2) is 14.8 Å². The van der Waals surface area contributed by atoms with Gasteiger partial charge in [0.15, 0.2) is 0 Å². The van der Waals surface area contributed by atoms with Crippen molar-refractivity contribution in [3.63, 3.8) is 0 Å².